The highest BCUT2D eigenvalue weighted by molar-refractivity contribution is 7.99. The Morgan fingerprint density at radius 3 is 2.76 bits per heavy atom. The average Bonchev–Trinajstić information content (AvgIpc) is 2.99. The monoisotopic (exact) mass is 396 g/mol. The van der Waals surface area contributed by atoms with Crippen LogP contribution in [0.15, 0.2) is 45.5 Å². The Hall–Kier alpha value is -1.35. The van der Waals surface area contributed by atoms with Gasteiger partial charge in [-0.2, -0.15) is 4.31 Å². The molecular formula is C17H20N2O3S3. The number of sulfonamides is 1. The fraction of sp³-hybridized carbons (Fsp3) is 0.353. The third-order valence-electron chi connectivity index (χ3n) is 3.89. The lowest BCUT2D eigenvalue weighted by atomic mass is 10.3. The van der Waals surface area contributed by atoms with Gasteiger partial charge in [-0.3, -0.25) is 4.79 Å². The fourth-order valence-electron chi connectivity index (χ4n) is 2.60. The number of amides is 1. The predicted molar refractivity (Wildman–Crippen MR) is 103 cm³/mol. The molecule has 0 bridgehead atoms. The molecule has 1 N–H and O–H groups in total. The van der Waals surface area contributed by atoms with Gasteiger partial charge in [0.05, 0.1) is 10.6 Å². The average molecular weight is 397 g/mol. The summed E-state index contributed by atoms with van der Waals surface area (Å²) >= 11 is 3.10. The van der Waals surface area contributed by atoms with Crippen LogP contribution < -0.4 is 5.32 Å². The lowest BCUT2D eigenvalue weighted by Crippen LogP contribution is -2.36. The lowest BCUT2D eigenvalue weighted by molar-refractivity contribution is -0.115. The maximum absolute atomic E-state index is 13.2. The van der Waals surface area contributed by atoms with Crippen LogP contribution in [0.1, 0.15) is 25.1 Å². The van der Waals surface area contributed by atoms with Gasteiger partial charge in [0, 0.05) is 34.5 Å². The number of benzene rings is 1. The largest absolute Gasteiger partial charge is 0.325 e. The second-order valence-corrected chi connectivity index (χ2v) is 10.1. The number of fused-ring (bicyclic) bond motifs is 1. The highest BCUT2D eigenvalue weighted by Crippen LogP contribution is 2.34. The van der Waals surface area contributed by atoms with E-state index in [0.29, 0.717) is 24.4 Å². The first kappa shape index (κ1) is 18.4. The Morgan fingerprint density at radius 2 is 2.08 bits per heavy atom. The topological polar surface area (TPSA) is 66.5 Å². The number of hydrogen-bond donors (Lipinski definition) is 1. The molecule has 0 unspecified atom stereocenters. The molecule has 0 radical (unpaired) electrons. The van der Waals surface area contributed by atoms with E-state index in [0.717, 1.165) is 9.77 Å². The lowest BCUT2D eigenvalue weighted by Gasteiger charge is -2.26. The van der Waals surface area contributed by atoms with Gasteiger partial charge in [-0.1, -0.05) is 6.07 Å². The highest BCUT2D eigenvalue weighted by atomic mass is 32.2. The van der Waals surface area contributed by atoms with Gasteiger partial charge >= 0.3 is 0 Å². The van der Waals surface area contributed by atoms with Crippen LogP contribution in [0, 0.1) is 0 Å². The molecule has 0 atom stereocenters. The second-order valence-electron chi connectivity index (χ2n) is 6.03. The molecule has 0 spiro atoms. The number of thiophene rings is 1. The normalized spacial score (nSPS) is 15.1. The van der Waals surface area contributed by atoms with Gasteiger partial charge < -0.3 is 5.32 Å². The highest BCUT2D eigenvalue weighted by Gasteiger charge is 2.28. The first-order valence-electron chi connectivity index (χ1n) is 7.99. The summed E-state index contributed by atoms with van der Waals surface area (Å²) in [5, 5.41) is 4.75. The predicted octanol–water partition coefficient (Wildman–Crippen LogP) is 3.78. The minimum Gasteiger partial charge on any atom is -0.325 e. The zero-order chi connectivity index (χ0) is 18.0. The molecule has 0 saturated carbocycles. The number of hydrogen-bond acceptors (Lipinski definition) is 5. The molecule has 2 aromatic rings. The van der Waals surface area contributed by atoms with Crippen LogP contribution in [0.25, 0.3) is 0 Å². The summed E-state index contributed by atoms with van der Waals surface area (Å²) in [6.45, 7) is 4.08. The van der Waals surface area contributed by atoms with E-state index in [1.165, 1.54) is 15.6 Å². The summed E-state index contributed by atoms with van der Waals surface area (Å²) < 4.78 is 27.8. The quantitative estimate of drug-likeness (QED) is 0.835. The molecule has 5 nitrogen and oxygen atoms in total. The summed E-state index contributed by atoms with van der Waals surface area (Å²) in [6, 6.07) is 8.66. The summed E-state index contributed by atoms with van der Waals surface area (Å²) in [5.74, 6) is 0.613. The number of nitrogens with zero attached hydrogens (tertiary/aromatic N) is 1. The van der Waals surface area contributed by atoms with Crippen LogP contribution in [0.2, 0.25) is 0 Å². The second kappa shape index (κ2) is 7.49. The van der Waals surface area contributed by atoms with Crippen LogP contribution in [-0.4, -0.2) is 30.4 Å². The number of carbonyl (C=O) groups is 1. The summed E-state index contributed by atoms with van der Waals surface area (Å²) in [6.07, 6.45) is 0.428. The molecule has 134 valence electrons. The van der Waals surface area contributed by atoms with Gasteiger partial charge in [0.15, 0.2) is 0 Å². The molecule has 1 amide bonds. The first-order chi connectivity index (χ1) is 11.9. The Kier molecular flexibility index (Phi) is 5.52. The van der Waals surface area contributed by atoms with Gasteiger partial charge in [0.2, 0.25) is 15.9 Å². The standard InChI is InChI=1S/C17H20N2O3S3/c1-12(2)19(11-13-4-3-8-23-13)25(21,22)14-5-6-16-15(10-14)18-17(20)7-9-24-16/h3-6,8,10,12H,7,9,11H2,1-2H3,(H,18,20). The van der Waals surface area contributed by atoms with Crippen molar-refractivity contribution in [2.24, 2.45) is 0 Å². The van der Waals surface area contributed by atoms with E-state index in [-0.39, 0.29) is 16.8 Å². The number of carbonyl (C=O) groups excluding carboxylic acids is 1. The van der Waals surface area contributed by atoms with Gasteiger partial charge in [0.25, 0.3) is 0 Å². The van der Waals surface area contributed by atoms with E-state index < -0.39 is 10.0 Å². The maximum atomic E-state index is 13.2. The molecule has 2 heterocycles. The molecule has 1 aromatic carbocycles. The fourth-order valence-corrected chi connectivity index (χ4v) is 5.96. The van der Waals surface area contributed by atoms with E-state index in [1.807, 2.05) is 31.4 Å². The molecule has 25 heavy (non-hydrogen) atoms. The van der Waals surface area contributed by atoms with E-state index >= 15 is 0 Å². The number of nitrogens with one attached hydrogen (secondary N) is 1. The van der Waals surface area contributed by atoms with Crippen molar-refractivity contribution in [3.63, 3.8) is 0 Å². The van der Waals surface area contributed by atoms with Crippen LogP contribution >= 0.6 is 23.1 Å². The molecule has 3 rings (SSSR count). The van der Waals surface area contributed by atoms with Crippen molar-refractivity contribution in [1.29, 1.82) is 0 Å². The Labute approximate surface area is 156 Å². The summed E-state index contributed by atoms with van der Waals surface area (Å²) in [4.78, 5) is 13.9. The van der Waals surface area contributed by atoms with Crippen molar-refractivity contribution in [2.75, 3.05) is 11.1 Å². The number of thioether (sulfide) groups is 1. The zero-order valence-electron chi connectivity index (χ0n) is 14.1. The molecule has 1 aliphatic heterocycles. The van der Waals surface area contributed by atoms with Crippen molar-refractivity contribution >= 4 is 44.7 Å². The molecule has 0 aliphatic carbocycles. The molecule has 8 heteroatoms. The van der Waals surface area contributed by atoms with E-state index in [2.05, 4.69) is 5.32 Å². The van der Waals surface area contributed by atoms with Gasteiger partial charge in [-0.15, -0.1) is 23.1 Å². The van der Waals surface area contributed by atoms with E-state index in [1.54, 1.807) is 30.0 Å². The zero-order valence-corrected chi connectivity index (χ0v) is 16.5. The van der Waals surface area contributed by atoms with Crippen molar-refractivity contribution in [1.82, 2.24) is 4.31 Å². The SMILES string of the molecule is CC(C)N(Cc1cccs1)S(=O)(=O)c1ccc2c(c1)NC(=O)CCS2. The Bertz CT molecular complexity index is 861. The van der Waals surface area contributed by atoms with Crippen molar-refractivity contribution in [2.45, 2.75) is 42.6 Å². The van der Waals surface area contributed by atoms with Crippen LogP contribution in [0.3, 0.4) is 0 Å². The summed E-state index contributed by atoms with van der Waals surface area (Å²) in [5.41, 5.74) is 0.577. The third kappa shape index (κ3) is 4.08. The minimum absolute atomic E-state index is 0.0832. The van der Waals surface area contributed by atoms with Crippen molar-refractivity contribution in [3.8, 4) is 0 Å². The summed E-state index contributed by atoms with van der Waals surface area (Å²) in [7, 11) is -3.66. The minimum atomic E-state index is -3.66. The smallest absolute Gasteiger partial charge is 0.243 e. The Morgan fingerprint density at radius 1 is 1.28 bits per heavy atom. The van der Waals surface area contributed by atoms with E-state index in [9.17, 15) is 13.2 Å². The number of anilines is 1. The first-order valence-corrected chi connectivity index (χ1v) is 11.3. The van der Waals surface area contributed by atoms with Crippen LogP contribution in [0.5, 0.6) is 0 Å². The number of rotatable bonds is 5. The molecule has 1 aromatic heterocycles. The van der Waals surface area contributed by atoms with Crippen molar-refractivity contribution < 1.29 is 13.2 Å². The van der Waals surface area contributed by atoms with E-state index in [4.69, 9.17) is 0 Å². The maximum Gasteiger partial charge on any atom is 0.243 e. The molecular weight excluding hydrogens is 376 g/mol. The molecule has 1 aliphatic rings. The third-order valence-corrected chi connectivity index (χ3v) is 7.84. The molecule has 0 fully saturated rings. The van der Waals surface area contributed by atoms with Crippen LogP contribution in [-0.2, 0) is 21.4 Å². The van der Waals surface area contributed by atoms with Gasteiger partial charge in [-0.25, -0.2) is 8.42 Å². The molecule has 0 saturated heterocycles. The van der Waals surface area contributed by atoms with Crippen molar-refractivity contribution in [3.05, 3.63) is 40.6 Å². The Balaban J connectivity index is 1.96. The van der Waals surface area contributed by atoms with Crippen LogP contribution in [0.4, 0.5) is 5.69 Å². The van der Waals surface area contributed by atoms with Gasteiger partial charge in [0.1, 0.15) is 0 Å². The van der Waals surface area contributed by atoms with Gasteiger partial charge in [-0.05, 0) is 43.5 Å².